The summed E-state index contributed by atoms with van der Waals surface area (Å²) in [7, 11) is 1.91. The third-order valence-corrected chi connectivity index (χ3v) is 2.56. The molecule has 0 bridgehead atoms. The highest BCUT2D eigenvalue weighted by Gasteiger charge is 2.08. The third-order valence-electron chi connectivity index (χ3n) is 2.56. The van der Waals surface area contributed by atoms with Gasteiger partial charge in [0.2, 0.25) is 0 Å². The lowest BCUT2D eigenvalue weighted by Gasteiger charge is -2.09. The highest BCUT2D eigenvalue weighted by atomic mass is 16.5. The lowest BCUT2D eigenvalue weighted by atomic mass is 10.1. The molecule has 0 aliphatic heterocycles. The summed E-state index contributed by atoms with van der Waals surface area (Å²) in [6.45, 7) is 1.94. The molecule has 0 saturated carbocycles. The van der Waals surface area contributed by atoms with Gasteiger partial charge in [-0.25, -0.2) is 4.98 Å². The molecule has 4 nitrogen and oxygen atoms in total. The van der Waals surface area contributed by atoms with Gasteiger partial charge in [-0.05, 0) is 19.1 Å². The molecule has 0 aliphatic rings. The van der Waals surface area contributed by atoms with Gasteiger partial charge in [0.25, 0.3) is 0 Å². The van der Waals surface area contributed by atoms with Gasteiger partial charge in [0.05, 0.1) is 23.8 Å². The van der Waals surface area contributed by atoms with Crippen molar-refractivity contribution in [1.29, 1.82) is 0 Å². The fraction of sp³-hybridized carbons (Fsp3) is 0.231. The summed E-state index contributed by atoms with van der Waals surface area (Å²) in [4.78, 5) is 15.4. The number of benzene rings is 1. The van der Waals surface area contributed by atoms with E-state index < -0.39 is 0 Å². The Labute approximate surface area is 99.9 Å². The van der Waals surface area contributed by atoms with E-state index in [1.807, 2.05) is 23.7 Å². The van der Waals surface area contributed by atoms with Crippen LogP contribution < -0.4 is 4.74 Å². The average molecular weight is 230 g/mol. The van der Waals surface area contributed by atoms with Crippen molar-refractivity contribution in [3.63, 3.8) is 0 Å². The van der Waals surface area contributed by atoms with E-state index >= 15 is 0 Å². The van der Waals surface area contributed by atoms with E-state index in [0.29, 0.717) is 17.9 Å². The number of carbonyl (C=O) groups is 1. The van der Waals surface area contributed by atoms with Gasteiger partial charge in [-0.3, -0.25) is 4.79 Å². The molecule has 0 N–H and O–H groups in total. The Kier molecular flexibility index (Phi) is 3.23. The van der Waals surface area contributed by atoms with Crippen molar-refractivity contribution < 1.29 is 9.53 Å². The van der Waals surface area contributed by atoms with Crippen LogP contribution in [0.2, 0.25) is 0 Å². The molecule has 0 amide bonds. The van der Waals surface area contributed by atoms with Gasteiger partial charge in [0, 0.05) is 7.05 Å². The number of para-hydroxylation sites is 1. The number of aryl methyl sites for hydroxylation is 1. The van der Waals surface area contributed by atoms with Crippen LogP contribution in [-0.4, -0.2) is 15.3 Å². The summed E-state index contributed by atoms with van der Waals surface area (Å²) < 4.78 is 7.53. The zero-order chi connectivity index (χ0) is 12.3. The molecule has 0 unspecified atom stereocenters. The van der Waals surface area contributed by atoms with Crippen molar-refractivity contribution in [3.8, 4) is 5.75 Å². The van der Waals surface area contributed by atoms with E-state index in [1.54, 1.807) is 24.7 Å². The predicted molar refractivity (Wildman–Crippen MR) is 64.0 cm³/mol. The predicted octanol–water partition coefficient (Wildman–Crippen LogP) is 2.20. The summed E-state index contributed by atoms with van der Waals surface area (Å²) in [5.74, 6) is 0.617. The first-order valence-corrected chi connectivity index (χ1v) is 5.36. The van der Waals surface area contributed by atoms with Crippen LogP contribution >= 0.6 is 0 Å². The van der Waals surface area contributed by atoms with Crippen LogP contribution in [0.3, 0.4) is 0 Å². The van der Waals surface area contributed by atoms with Gasteiger partial charge in [0.15, 0.2) is 5.78 Å². The summed E-state index contributed by atoms with van der Waals surface area (Å²) >= 11 is 0. The first-order chi connectivity index (χ1) is 8.18. The van der Waals surface area contributed by atoms with E-state index in [9.17, 15) is 4.79 Å². The molecule has 0 radical (unpaired) electrons. The van der Waals surface area contributed by atoms with Gasteiger partial charge >= 0.3 is 0 Å². The molecule has 0 aliphatic carbocycles. The number of nitrogens with zero attached hydrogens (tertiary/aromatic N) is 2. The van der Waals surface area contributed by atoms with Crippen LogP contribution in [0.15, 0.2) is 36.8 Å². The first-order valence-electron chi connectivity index (χ1n) is 5.36. The quantitative estimate of drug-likeness (QED) is 0.756. The highest BCUT2D eigenvalue weighted by molar-refractivity contribution is 5.96. The largest absolute Gasteiger partial charge is 0.487 e. The summed E-state index contributed by atoms with van der Waals surface area (Å²) in [6, 6.07) is 7.24. The number of aromatic nitrogens is 2. The minimum atomic E-state index is 0.00519. The van der Waals surface area contributed by atoms with E-state index in [2.05, 4.69) is 4.98 Å². The minimum Gasteiger partial charge on any atom is -0.487 e. The molecule has 4 heteroatoms. The van der Waals surface area contributed by atoms with Crippen molar-refractivity contribution >= 4 is 5.78 Å². The fourth-order valence-corrected chi connectivity index (χ4v) is 1.56. The molecule has 0 spiro atoms. The Balaban J connectivity index is 2.14. The third kappa shape index (κ3) is 2.53. The number of Topliss-reactive ketones (excluding diaryl/α,β-unsaturated/α-hetero) is 1. The molecule has 1 heterocycles. The van der Waals surface area contributed by atoms with Gasteiger partial charge in [0.1, 0.15) is 12.4 Å². The topological polar surface area (TPSA) is 44.1 Å². The zero-order valence-corrected chi connectivity index (χ0v) is 9.88. The minimum absolute atomic E-state index is 0.00519. The number of carbonyl (C=O) groups excluding carboxylic acids is 1. The normalized spacial score (nSPS) is 10.2. The van der Waals surface area contributed by atoms with Crippen LogP contribution in [0, 0.1) is 0 Å². The van der Waals surface area contributed by atoms with Crippen molar-refractivity contribution in [1.82, 2.24) is 9.55 Å². The first kappa shape index (κ1) is 11.4. The number of ketones is 1. The number of hydrogen-bond acceptors (Lipinski definition) is 3. The van der Waals surface area contributed by atoms with Crippen molar-refractivity contribution in [2.24, 2.45) is 7.05 Å². The van der Waals surface area contributed by atoms with Crippen LogP contribution in [0.4, 0.5) is 0 Å². The Morgan fingerprint density at radius 1 is 1.41 bits per heavy atom. The lowest BCUT2D eigenvalue weighted by Crippen LogP contribution is -2.04. The highest BCUT2D eigenvalue weighted by Crippen LogP contribution is 2.19. The standard InChI is InChI=1S/C13H14N2O2/c1-10(16)12-5-3-4-6-13(12)17-8-11-7-14-9-15(11)2/h3-7,9H,8H2,1-2H3. The molecule has 0 saturated heterocycles. The van der Waals surface area contributed by atoms with Crippen LogP contribution in [-0.2, 0) is 13.7 Å². The molecule has 2 aromatic rings. The molecule has 2 rings (SSSR count). The van der Waals surface area contributed by atoms with E-state index in [-0.39, 0.29) is 5.78 Å². The SMILES string of the molecule is CC(=O)c1ccccc1OCc1cncn1C. The monoisotopic (exact) mass is 230 g/mol. The molecule has 88 valence electrons. The van der Waals surface area contributed by atoms with Gasteiger partial charge in [-0.15, -0.1) is 0 Å². The van der Waals surface area contributed by atoms with Gasteiger partial charge < -0.3 is 9.30 Å². The summed E-state index contributed by atoms with van der Waals surface area (Å²) in [6.07, 6.45) is 3.46. The maximum absolute atomic E-state index is 11.4. The maximum Gasteiger partial charge on any atom is 0.163 e. The van der Waals surface area contributed by atoms with Crippen LogP contribution in [0.5, 0.6) is 5.75 Å². The maximum atomic E-state index is 11.4. The van der Waals surface area contributed by atoms with Crippen LogP contribution in [0.1, 0.15) is 23.0 Å². The molecule has 1 aromatic carbocycles. The van der Waals surface area contributed by atoms with Crippen LogP contribution in [0.25, 0.3) is 0 Å². The number of ether oxygens (including phenoxy) is 1. The molecule has 17 heavy (non-hydrogen) atoms. The summed E-state index contributed by atoms with van der Waals surface area (Å²) in [5.41, 5.74) is 1.57. The fourth-order valence-electron chi connectivity index (χ4n) is 1.56. The molecule has 0 atom stereocenters. The van der Waals surface area contributed by atoms with Crippen molar-refractivity contribution in [3.05, 3.63) is 48.0 Å². The average Bonchev–Trinajstić information content (AvgIpc) is 2.72. The Bertz CT molecular complexity index is 532. The Hall–Kier alpha value is -2.10. The molecular formula is C13H14N2O2. The smallest absolute Gasteiger partial charge is 0.163 e. The van der Waals surface area contributed by atoms with Crippen molar-refractivity contribution in [2.75, 3.05) is 0 Å². The van der Waals surface area contributed by atoms with Gasteiger partial charge in [-0.1, -0.05) is 12.1 Å². The van der Waals surface area contributed by atoms with E-state index in [1.165, 1.54) is 6.92 Å². The van der Waals surface area contributed by atoms with E-state index in [0.717, 1.165) is 5.69 Å². The number of rotatable bonds is 4. The zero-order valence-electron chi connectivity index (χ0n) is 9.88. The Morgan fingerprint density at radius 3 is 2.82 bits per heavy atom. The number of hydrogen-bond donors (Lipinski definition) is 0. The Morgan fingerprint density at radius 2 is 2.18 bits per heavy atom. The molecule has 0 fully saturated rings. The second-order valence-electron chi connectivity index (χ2n) is 3.84. The van der Waals surface area contributed by atoms with E-state index in [4.69, 9.17) is 4.74 Å². The second-order valence-corrected chi connectivity index (χ2v) is 3.84. The number of imidazole rings is 1. The van der Waals surface area contributed by atoms with Crippen molar-refractivity contribution in [2.45, 2.75) is 13.5 Å². The lowest BCUT2D eigenvalue weighted by molar-refractivity contribution is 0.101. The second kappa shape index (κ2) is 4.82. The molecular weight excluding hydrogens is 216 g/mol. The molecule has 1 aromatic heterocycles. The summed E-state index contributed by atoms with van der Waals surface area (Å²) in [5, 5.41) is 0. The van der Waals surface area contributed by atoms with Gasteiger partial charge in [-0.2, -0.15) is 0 Å².